The summed E-state index contributed by atoms with van der Waals surface area (Å²) in [6.45, 7) is 13.1. The number of nitrogens with zero attached hydrogens (tertiary/aromatic N) is 4. The number of cyclic esters (lactones) is 1. The van der Waals surface area contributed by atoms with Crippen molar-refractivity contribution < 1.29 is 88.4 Å². The van der Waals surface area contributed by atoms with Crippen LogP contribution in [-0.4, -0.2) is 250 Å². The number of halogens is 1. The van der Waals surface area contributed by atoms with Gasteiger partial charge in [0.1, 0.15) is 37.2 Å². The maximum Gasteiger partial charge on any atom is 0.415 e. The van der Waals surface area contributed by atoms with Crippen LogP contribution >= 0.6 is 24.2 Å². The number of hydrogen-bond acceptors (Lipinski definition) is 21. The molecule has 682 valence electrons. The van der Waals surface area contributed by atoms with Crippen LogP contribution in [0.5, 0.6) is 5.75 Å². The van der Waals surface area contributed by atoms with Crippen LogP contribution in [0.3, 0.4) is 0 Å². The minimum Gasteiger partial charge on any atom is -0.462 e. The summed E-state index contributed by atoms with van der Waals surface area (Å²) in [6.07, 6.45) is 39.3. The fraction of sp³-hybridized carbons (Fsp3) is 0.750. The number of unbranched alkanes of at least 4 members (excludes halogenated alkanes) is 28. The molecule has 4 atom stereocenters. The van der Waals surface area contributed by atoms with Gasteiger partial charge in [0.15, 0.2) is 5.60 Å². The van der Waals surface area contributed by atoms with Crippen molar-refractivity contribution in [3.05, 3.63) is 56.9 Å². The molecule has 34 heteroatoms. The Hall–Kier alpha value is -4.48. The Morgan fingerprint density at radius 2 is 1.11 bits per heavy atom. The monoisotopic (exact) mass is 1810 g/mol. The van der Waals surface area contributed by atoms with E-state index >= 15 is 0 Å². The van der Waals surface area contributed by atoms with Crippen LogP contribution in [0.4, 0.5) is 4.79 Å². The van der Waals surface area contributed by atoms with Crippen molar-refractivity contribution in [3.63, 3.8) is 0 Å². The van der Waals surface area contributed by atoms with Gasteiger partial charge in [-0.3, -0.25) is 42.7 Å². The van der Waals surface area contributed by atoms with E-state index in [1.807, 2.05) is 17.0 Å². The normalized spacial score (nSPS) is 15.8. The van der Waals surface area contributed by atoms with Gasteiger partial charge in [0.2, 0.25) is 23.6 Å². The Kier molecular flexibility index (Phi) is 56.7. The molecule has 1 aromatic carbocycles. The van der Waals surface area contributed by atoms with Crippen LogP contribution in [0.25, 0.3) is 22.3 Å². The summed E-state index contributed by atoms with van der Waals surface area (Å²) in [5.74, 6) is -5.48. The minimum absolute atomic E-state index is 0. The number of carbonyl (C=O) groups is 8. The van der Waals surface area contributed by atoms with Crippen molar-refractivity contribution in [2.45, 2.75) is 354 Å². The van der Waals surface area contributed by atoms with Gasteiger partial charge in [-0.15, -0.1) is 12.4 Å². The smallest absolute Gasteiger partial charge is 0.415 e. The third-order valence-corrected chi connectivity index (χ3v) is 25.7. The summed E-state index contributed by atoms with van der Waals surface area (Å²) in [4.78, 5) is 128. The van der Waals surface area contributed by atoms with Crippen molar-refractivity contribution in [2.24, 2.45) is 0 Å². The van der Waals surface area contributed by atoms with Crippen molar-refractivity contribution in [1.82, 2.24) is 40.6 Å². The molecule has 28 nitrogen and oxygen atoms in total. The second-order valence-electron chi connectivity index (χ2n) is 32.7. The summed E-state index contributed by atoms with van der Waals surface area (Å²) >= 11 is 1.17. The summed E-state index contributed by atoms with van der Waals surface area (Å²) < 4.78 is 87.5. The first-order chi connectivity index (χ1) is 57.2. The van der Waals surface area contributed by atoms with Crippen molar-refractivity contribution in [2.75, 3.05) is 68.9 Å². The van der Waals surface area contributed by atoms with Gasteiger partial charge < -0.3 is 59.7 Å². The number of likely N-dealkylation sites (tertiary alicyclic amines) is 2. The van der Waals surface area contributed by atoms with Crippen molar-refractivity contribution in [3.8, 4) is 17.1 Å². The van der Waals surface area contributed by atoms with E-state index in [2.05, 4.69) is 53.9 Å². The molecule has 2 fully saturated rings. The SMILES string of the molecule is CCCCCCCCCCCCCCCC(=O)N[C@@H](CSC[C@@H](COC(=O)CCCCCCCCCCC)OC(=O)CCCCCCCCCCC)C(=O)N[C@@H](CCC(=O)NCCS(=O)(=O)O)C(=O)NCCS(=O)(=O)O.CCc1c2c(nc3ccc(OC(=O)N4CCC(N5CCCCC5)CC4)cc13)-c1cc3c(c(=O)n1C2)COC(=O)[C@]3(O)CC.Cl.[Na].[Na]. The van der Waals surface area contributed by atoms with Gasteiger partial charge in [-0.2, -0.15) is 28.6 Å². The second-order valence-corrected chi connectivity index (χ2v) is 36.9. The Balaban J connectivity index is 0.000000698. The molecule has 0 aliphatic carbocycles. The van der Waals surface area contributed by atoms with E-state index in [0.29, 0.717) is 79.6 Å². The van der Waals surface area contributed by atoms with Crippen molar-refractivity contribution >= 4 is 162 Å². The molecule has 2 saturated heterocycles. The molecule has 0 bridgehead atoms. The zero-order chi connectivity index (χ0) is 86.4. The molecule has 7 N–H and O–H groups in total. The van der Waals surface area contributed by atoms with Crippen LogP contribution in [0.2, 0.25) is 0 Å². The van der Waals surface area contributed by atoms with E-state index in [4.69, 9.17) is 28.5 Å². The number of carbonyl (C=O) groups excluding carboxylic acids is 8. The van der Waals surface area contributed by atoms with E-state index in [0.717, 1.165) is 106 Å². The quantitative estimate of drug-likeness (QED) is 0.00709. The summed E-state index contributed by atoms with van der Waals surface area (Å²) in [6, 6.07) is 5.07. The molecule has 5 amide bonds. The first kappa shape index (κ1) is 112. The largest absolute Gasteiger partial charge is 0.462 e. The predicted octanol–water partition coefficient (Wildman–Crippen LogP) is 14.0. The molecule has 0 spiro atoms. The van der Waals surface area contributed by atoms with E-state index in [9.17, 15) is 69.6 Å². The third kappa shape index (κ3) is 41.3. The third-order valence-electron chi connectivity index (χ3n) is 23.0. The van der Waals surface area contributed by atoms with Crippen LogP contribution in [0.1, 0.15) is 327 Å². The fourth-order valence-corrected chi connectivity index (χ4v) is 17.7. The van der Waals surface area contributed by atoms with Crippen LogP contribution in [-0.2, 0) is 93.2 Å². The van der Waals surface area contributed by atoms with E-state index in [-0.39, 0.29) is 140 Å². The Morgan fingerprint density at radius 3 is 1.64 bits per heavy atom. The fourth-order valence-electron chi connectivity index (χ4n) is 16.0. The number of hydrogen-bond donors (Lipinski definition) is 7. The number of ether oxygens (including phenoxy) is 4. The first-order valence-corrected chi connectivity index (χ1v) is 49.4. The number of thioether (sulfide) groups is 1. The number of nitrogens with one attached hydrogen (secondary N) is 4. The van der Waals surface area contributed by atoms with Gasteiger partial charge >= 0.3 is 24.0 Å². The van der Waals surface area contributed by atoms with E-state index < -0.39 is 117 Å². The number of rotatable bonds is 58. The molecule has 122 heavy (non-hydrogen) atoms. The van der Waals surface area contributed by atoms with Crippen LogP contribution in [0, 0.1) is 0 Å². The molecule has 4 aliphatic heterocycles. The van der Waals surface area contributed by atoms with Gasteiger partial charge in [0.25, 0.3) is 25.8 Å². The Labute approximate surface area is 781 Å². The minimum atomic E-state index is -4.47. The number of amides is 5. The molecule has 0 saturated carbocycles. The molecule has 7 rings (SSSR count). The topological polar surface area (TPSA) is 392 Å². The molecular formula is C88H143ClN8Na2O20S3. The average Bonchev–Trinajstić information content (AvgIpc) is 1.54. The Morgan fingerprint density at radius 1 is 0.598 bits per heavy atom. The number of fused-ring (bicyclic) bond motifs is 5. The maximum absolute atomic E-state index is 14.1. The molecule has 2 aromatic heterocycles. The number of aliphatic hydroxyl groups is 1. The van der Waals surface area contributed by atoms with E-state index in [1.54, 1.807) is 23.6 Å². The van der Waals surface area contributed by atoms with E-state index in [1.165, 1.54) is 153 Å². The van der Waals surface area contributed by atoms with Crippen LogP contribution < -0.4 is 31.6 Å². The van der Waals surface area contributed by atoms with Gasteiger partial charge in [-0.05, 0) is 107 Å². The first-order valence-electron chi connectivity index (χ1n) is 45.0. The average molecular weight is 1810 g/mol. The number of esters is 3. The van der Waals surface area contributed by atoms with Gasteiger partial charge in [0.05, 0.1) is 40.5 Å². The maximum atomic E-state index is 14.1. The molecule has 3 aromatic rings. The summed E-state index contributed by atoms with van der Waals surface area (Å²) in [5, 5.41) is 22.0. The zero-order valence-corrected chi connectivity index (χ0v) is 81.7. The predicted molar refractivity (Wildman–Crippen MR) is 483 cm³/mol. The molecule has 4 aliphatic rings. The number of aryl methyl sites for hydroxylation is 1. The molecule has 6 heterocycles. The molecule has 0 unspecified atom stereocenters. The molecule has 2 radical (unpaired) electrons. The number of benzene rings is 1. The second kappa shape index (κ2) is 61.9. The standard InChI is InChI=1S/C55H104N4O14S3.C33H38N4O6.ClH.2Na/c1-4-7-10-13-16-19-20-21-22-25-26-29-32-35-51(61)58-49(55(65)59-48(54(64)57-41-43-76(69,70)71)38-39-50(60)56-40-42-75(66,67)68)46-74-45-47(73-53(63)37-34-31-28-24-18-15-12-9-6-3)44-72-52(62)36-33-30-27-23-17-14-11-8-5-2;1-3-22-23-16-21(43-32(40)36-14-10-20(11-15-36)35-12-6-5-7-13-35)8-9-27(23)34-29-24(22)18-37-28(29)17-26-25(30(37)38)19-42-31(39)33(26,41)4-2;;;/h47-49H,4-46H2,1-3H3,(H,56,60)(H,57,64)(H,58,61)(H,59,65)(H,66,67,68)(H,69,70,71);8-9,16-17,20,41H,3-7,10-15,18-19H2,1-2H3;1H;;/t47-,48+,49+;33-;;;/m10.../s1. The summed E-state index contributed by atoms with van der Waals surface area (Å²) in [5.41, 5.74) is 2.38. The van der Waals surface area contributed by atoms with Gasteiger partial charge in [-0.25, -0.2) is 14.6 Å². The number of piperidine rings is 2. The van der Waals surface area contributed by atoms with Crippen molar-refractivity contribution in [1.29, 1.82) is 0 Å². The number of aromatic nitrogens is 2. The summed E-state index contributed by atoms with van der Waals surface area (Å²) in [7, 11) is -8.84. The number of pyridine rings is 2. The van der Waals surface area contributed by atoms with Gasteiger partial charge in [-0.1, -0.05) is 221 Å². The van der Waals surface area contributed by atoms with Crippen LogP contribution in [0.15, 0.2) is 29.1 Å². The zero-order valence-electron chi connectivity index (χ0n) is 74.4. The van der Waals surface area contributed by atoms with Gasteiger partial charge in [0, 0.05) is 145 Å². The molecular weight excluding hydrogens is 1670 g/mol. The Bertz CT molecular complexity index is 3970.